The molecule has 1 aromatic carbocycles. The highest BCUT2D eigenvalue weighted by Crippen LogP contribution is 2.28. The zero-order valence-electron chi connectivity index (χ0n) is 28.6. The summed E-state index contributed by atoms with van der Waals surface area (Å²) in [5, 5.41) is 24.0. The molecule has 12 nitrogen and oxygen atoms in total. The lowest BCUT2D eigenvalue weighted by Crippen LogP contribution is -2.55. The number of carbonyl (C=O) groups is 6. The van der Waals surface area contributed by atoms with Gasteiger partial charge in [0.05, 0.1) is 12.5 Å². The van der Waals surface area contributed by atoms with E-state index >= 15 is 0 Å². The van der Waals surface area contributed by atoms with Gasteiger partial charge in [-0.1, -0.05) is 70.9 Å². The third-order valence-electron chi connectivity index (χ3n) is 9.38. The number of rotatable bonds is 20. The molecule has 0 radical (unpaired) electrons. The Morgan fingerprint density at radius 2 is 1.46 bits per heavy atom. The second-order valence-corrected chi connectivity index (χ2v) is 13.1. The van der Waals surface area contributed by atoms with E-state index < -0.39 is 48.4 Å². The van der Waals surface area contributed by atoms with Crippen LogP contribution in [0.3, 0.4) is 0 Å². The third kappa shape index (κ3) is 11.3. The average molecular weight is 671 g/mol. The zero-order chi connectivity index (χ0) is 35.1. The van der Waals surface area contributed by atoms with Crippen molar-refractivity contribution in [3.63, 3.8) is 0 Å². The number of hydrogen-bond donors (Lipinski definition) is 4. The number of aliphatic carboxylic acids is 1. The van der Waals surface area contributed by atoms with E-state index in [4.69, 9.17) is 0 Å². The molecule has 2 saturated heterocycles. The molecule has 0 spiro atoms. The summed E-state index contributed by atoms with van der Waals surface area (Å²) in [6, 6.07) is 3.16. The predicted octanol–water partition coefficient (Wildman–Crippen LogP) is 3.73. The molecule has 1 unspecified atom stereocenters. The molecule has 2 heterocycles. The van der Waals surface area contributed by atoms with Crippen molar-refractivity contribution in [1.29, 1.82) is 0 Å². The Labute approximate surface area is 284 Å². The maximum Gasteiger partial charge on any atom is 0.326 e. The van der Waals surface area contributed by atoms with Gasteiger partial charge in [0.25, 0.3) is 0 Å². The molecule has 12 heteroatoms. The SMILES string of the molecule is CCCCCCCCCC(=O)C(CCC)C(=O)N1CCC[C@H]1C(=O)N1CCC[C@H]1C(=O)NCC(=O)N[C@@H](Cc1ccc(O)cc1)C(=O)O. The minimum absolute atomic E-state index is 0.0132. The Kier molecular flexibility index (Phi) is 15.8. The Bertz CT molecular complexity index is 1250. The number of carboxylic acids is 1. The second kappa shape index (κ2) is 19.8. The number of nitrogens with zero attached hydrogens (tertiary/aromatic N) is 2. The molecule has 4 N–H and O–H groups in total. The molecule has 0 aliphatic carbocycles. The molecular formula is C36H54N4O8. The fourth-order valence-corrected chi connectivity index (χ4v) is 6.72. The number of amides is 4. The highest BCUT2D eigenvalue weighted by molar-refractivity contribution is 6.03. The number of likely N-dealkylation sites (tertiary alicyclic amines) is 2. The van der Waals surface area contributed by atoms with Crippen LogP contribution in [-0.2, 0) is 35.2 Å². The molecule has 2 aliphatic rings. The Balaban J connectivity index is 1.54. The maximum absolute atomic E-state index is 13.8. The first-order valence-corrected chi connectivity index (χ1v) is 17.8. The number of hydrogen-bond acceptors (Lipinski definition) is 7. The van der Waals surface area contributed by atoms with Crippen LogP contribution in [0.15, 0.2) is 24.3 Å². The quantitative estimate of drug-likeness (QED) is 0.120. The lowest BCUT2D eigenvalue weighted by molar-refractivity contribution is -0.150. The first-order valence-electron chi connectivity index (χ1n) is 17.8. The minimum atomic E-state index is -1.24. The van der Waals surface area contributed by atoms with E-state index in [1.165, 1.54) is 36.3 Å². The molecule has 266 valence electrons. The topological polar surface area (TPSA) is 173 Å². The van der Waals surface area contributed by atoms with Gasteiger partial charge in [-0.15, -0.1) is 0 Å². The van der Waals surface area contributed by atoms with Crippen molar-refractivity contribution in [1.82, 2.24) is 20.4 Å². The van der Waals surface area contributed by atoms with Gasteiger partial charge >= 0.3 is 5.97 Å². The summed E-state index contributed by atoms with van der Waals surface area (Å²) >= 11 is 0. The van der Waals surface area contributed by atoms with Gasteiger partial charge in [-0.25, -0.2) is 4.79 Å². The number of phenolic OH excluding ortho intramolecular Hbond substituents is 1. The molecule has 3 rings (SSSR count). The van der Waals surface area contributed by atoms with Crippen molar-refractivity contribution in [2.45, 2.75) is 128 Å². The molecule has 1 aromatic rings. The zero-order valence-corrected chi connectivity index (χ0v) is 28.6. The van der Waals surface area contributed by atoms with Crippen molar-refractivity contribution in [2.75, 3.05) is 19.6 Å². The molecule has 2 aliphatic heterocycles. The third-order valence-corrected chi connectivity index (χ3v) is 9.38. The number of aromatic hydroxyl groups is 1. The maximum atomic E-state index is 13.8. The Morgan fingerprint density at radius 3 is 2.10 bits per heavy atom. The molecule has 0 aromatic heterocycles. The van der Waals surface area contributed by atoms with Crippen molar-refractivity contribution >= 4 is 35.4 Å². The van der Waals surface area contributed by atoms with E-state index in [1.54, 1.807) is 17.0 Å². The van der Waals surface area contributed by atoms with Crippen LogP contribution in [0.2, 0.25) is 0 Å². The molecule has 4 atom stereocenters. The lowest BCUT2D eigenvalue weighted by atomic mass is 9.92. The monoisotopic (exact) mass is 670 g/mol. The summed E-state index contributed by atoms with van der Waals surface area (Å²) in [5.41, 5.74) is 0.600. The number of phenols is 1. The average Bonchev–Trinajstić information content (AvgIpc) is 3.76. The van der Waals surface area contributed by atoms with Crippen LogP contribution < -0.4 is 10.6 Å². The number of nitrogens with one attached hydrogen (secondary N) is 2. The molecule has 48 heavy (non-hydrogen) atoms. The number of carbonyl (C=O) groups excluding carboxylic acids is 5. The van der Waals surface area contributed by atoms with Gasteiger partial charge in [0, 0.05) is 25.9 Å². The highest BCUT2D eigenvalue weighted by Gasteiger charge is 2.44. The van der Waals surface area contributed by atoms with E-state index in [2.05, 4.69) is 17.6 Å². The Morgan fingerprint density at radius 1 is 0.833 bits per heavy atom. The first kappa shape index (κ1) is 38.5. The van der Waals surface area contributed by atoms with Crippen LogP contribution in [0.1, 0.15) is 109 Å². The molecule has 2 fully saturated rings. The summed E-state index contributed by atoms with van der Waals surface area (Å²) in [5.74, 6) is -3.86. The van der Waals surface area contributed by atoms with E-state index in [0.29, 0.717) is 63.6 Å². The van der Waals surface area contributed by atoms with Crippen molar-refractivity contribution in [2.24, 2.45) is 5.92 Å². The first-order chi connectivity index (χ1) is 23.1. The smallest absolute Gasteiger partial charge is 0.326 e. The van der Waals surface area contributed by atoms with Gasteiger partial charge in [0.15, 0.2) is 0 Å². The summed E-state index contributed by atoms with van der Waals surface area (Å²) in [6.07, 6.45) is 11.1. The summed E-state index contributed by atoms with van der Waals surface area (Å²) in [6.45, 7) is 4.38. The van der Waals surface area contributed by atoms with Crippen molar-refractivity contribution < 1.29 is 39.0 Å². The molecule has 4 amide bonds. The number of unbranched alkanes of at least 4 members (excludes halogenated alkanes) is 6. The number of ketones is 1. The Hall–Kier alpha value is -3.96. The van der Waals surface area contributed by atoms with Crippen LogP contribution in [0.4, 0.5) is 0 Å². The predicted molar refractivity (Wildman–Crippen MR) is 180 cm³/mol. The van der Waals surface area contributed by atoms with Crippen LogP contribution in [-0.4, -0.2) is 93.2 Å². The van der Waals surface area contributed by atoms with Gasteiger partial charge in [-0.05, 0) is 56.2 Å². The summed E-state index contributed by atoms with van der Waals surface area (Å²) in [7, 11) is 0. The fourth-order valence-electron chi connectivity index (χ4n) is 6.72. The van der Waals surface area contributed by atoms with Gasteiger partial charge in [-0.2, -0.15) is 0 Å². The van der Waals surface area contributed by atoms with Gasteiger partial charge in [0.2, 0.25) is 23.6 Å². The van der Waals surface area contributed by atoms with Crippen LogP contribution in [0.5, 0.6) is 5.75 Å². The standard InChI is InChI=1S/C36H54N4O8/c1-3-5-6-7-8-9-10-16-31(42)27(13-4-2)34(45)40-22-12-15-30(40)35(46)39-21-11-14-29(39)33(44)37-24-32(43)38-28(36(47)48)23-25-17-19-26(41)20-18-25/h17-20,27-30,41H,3-16,21-24H2,1-2H3,(H,37,44)(H,38,43)(H,47,48)/t27?,28-,29-,30-/m0/s1. The van der Waals surface area contributed by atoms with Crippen LogP contribution >= 0.6 is 0 Å². The normalized spacial score (nSPS) is 18.7. The molecular weight excluding hydrogens is 616 g/mol. The van der Waals surface area contributed by atoms with Gasteiger partial charge < -0.3 is 30.6 Å². The fraction of sp³-hybridized carbons (Fsp3) is 0.667. The number of Topliss-reactive ketones (excluding diaryl/α,β-unsaturated/α-hetero) is 1. The second-order valence-electron chi connectivity index (χ2n) is 13.1. The number of carboxylic acid groups (broad SMARTS) is 1. The van der Waals surface area contributed by atoms with Crippen molar-refractivity contribution in [3.05, 3.63) is 29.8 Å². The van der Waals surface area contributed by atoms with E-state index in [0.717, 1.165) is 25.7 Å². The largest absolute Gasteiger partial charge is 0.508 e. The molecule has 0 saturated carbocycles. The lowest BCUT2D eigenvalue weighted by Gasteiger charge is -2.32. The highest BCUT2D eigenvalue weighted by atomic mass is 16.4. The van der Waals surface area contributed by atoms with E-state index in [9.17, 15) is 39.0 Å². The van der Waals surface area contributed by atoms with Gasteiger partial charge in [-0.3, -0.25) is 24.0 Å². The van der Waals surface area contributed by atoms with Crippen molar-refractivity contribution in [3.8, 4) is 5.75 Å². The number of benzene rings is 1. The van der Waals surface area contributed by atoms with Crippen LogP contribution in [0.25, 0.3) is 0 Å². The summed E-state index contributed by atoms with van der Waals surface area (Å²) < 4.78 is 0. The van der Waals surface area contributed by atoms with E-state index in [-0.39, 0.29) is 29.8 Å². The van der Waals surface area contributed by atoms with Crippen LogP contribution in [0, 0.1) is 5.92 Å². The summed E-state index contributed by atoms with van der Waals surface area (Å²) in [4.78, 5) is 81.3. The van der Waals surface area contributed by atoms with Gasteiger partial charge in [0.1, 0.15) is 29.7 Å². The van der Waals surface area contributed by atoms with E-state index in [1.807, 2.05) is 6.92 Å². The molecule has 0 bridgehead atoms. The minimum Gasteiger partial charge on any atom is -0.508 e.